The summed E-state index contributed by atoms with van der Waals surface area (Å²) in [6.45, 7) is 3.83. The summed E-state index contributed by atoms with van der Waals surface area (Å²) in [6, 6.07) is 2.05. The van der Waals surface area contributed by atoms with Gasteiger partial charge in [-0.05, 0) is 25.8 Å². The average molecular weight is 368 g/mol. The van der Waals surface area contributed by atoms with E-state index in [0.29, 0.717) is 16.5 Å². The Bertz CT molecular complexity index is 964. The van der Waals surface area contributed by atoms with Crippen LogP contribution in [0.15, 0.2) is 33.2 Å². The molecule has 142 valence electrons. The number of likely N-dealkylation sites (tertiary alicyclic amines) is 1. The Kier molecular flexibility index (Phi) is 4.65. The van der Waals surface area contributed by atoms with Crippen molar-refractivity contribution in [2.24, 2.45) is 17.0 Å². The van der Waals surface area contributed by atoms with Crippen LogP contribution < -0.4 is 10.9 Å². The Morgan fingerprint density at radius 1 is 1.26 bits per heavy atom. The Morgan fingerprint density at radius 2 is 2.00 bits per heavy atom. The molecule has 2 aromatic rings. The molecule has 2 aliphatic heterocycles. The SMILES string of the molecule is CC1N=CC=NC1N1CCC(NC(=O)c2cn(C)c(=O)c3[nH]ccc23)CC1. The van der Waals surface area contributed by atoms with Crippen molar-refractivity contribution in [3.05, 3.63) is 34.4 Å². The Balaban J connectivity index is 1.43. The highest BCUT2D eigenvalue weighted by Crippen LogP contribution is 2.20. The van der Waals surface area contributed by atoms with Crippen molar-refractivity contribution >= 4 is 29.2 Å². The number of aromatic nitrogens is 2. The van der Waals surface area contributed by atoms with Crippen LogP contribution in [0, 0.1) is 0 Å². The maximum Gasteiger partial charge on any atom is 0.274 e. The molecule has 2 unspecified atom stereocenters. The van der Waals surface area contributed by atoms with Crippen molar-refractivity contribution in [1.29, 1.82) is 0 Å². The molecule has 0 aromatic carbocycles. The van der Waals surface area contributed by atoms with E-state index in [2.05, 4.69) is 32.1 Å². The van der Waals surface area contributed by atoms with E-state index >= 15 is 0 Å². The number of rotatable bonds is 3. The zero-order valence-electron chi connectivity index (χ0n) is 15.6. The lowest BCUT2D eigenvalue weighted by atomic mass is 10.0. The largest absolute Gasteiger partial charge is 0.357 e. The van der Waals surface area contributed by atoms with E-state index in [9.17, 15) is 9.59 Å². The van der Waals surface area contributed by atoms with Gasteiger partial charge in [0.05, 0.1) is 11.6 Å². The fourth-order valence-electron chi connectivity index (χ4n) is 3.92. The quantitative estimate of drug-likeness (QED) is 0.844. The highest BCUT2D eigenvalue weighted by Gasteiger charge is 2.29. The number of carbonyl (C=O) groups is 1. The number of aliphatic imine (C=N–C) groups is 2. The number of aryl methyl sites for hydroxylation is 1. The minimum atomic E-state index is -0.137. The molecule has 8 heteroatoms. The lowest BCUT2D eigenvalue weighted by Crippen LogP contribution is -2.50. The number of H-pyrrole nitrogens is 1. The third-order valence-electron chi connectivity index (χ3n) is 5.44. The zero-order chi connectivity index (χ0) is 19.0. The second kappa shape index (κ2) is 7.11. The number of nitrogens with one attached hydrogen (secondary N) is 2. The van der Waals surface area contributed by atoms with Crippen molar-refractivity contribution in [3.63, 3.8) is 0 Å². The summed E-state index contributed by atoms with van der Waals surface area (Å²) in [4.78, 5) is 39.2. The summed E-state index contributed by atoms with van der Waals surface area (Å²) < 4.78 is 1.44. The minimum absolute atomic E-state index is 0.0924. The van der Waals surface area contributed by atoms with Gasteiger partial charge < -0.3 is 14.9 Å². The molecule has 2 atom stereocenters. The molecule has 2 aromatic heterocycles. The number of fused-ring (bicyclic) bond motifs is 1. The Hall–Kier alpha value is -2.74. The first-order valence-corrected chi connectivity index (χ1v) is 9.31. The summed E-state index contributed by atoms with van der Waals surface area (Å²) in [7, 11) is 1.66. The second-order valence-electron chi connectivity index (χ2n) is 7.26. The van der Waals surface area contributed by atoms with Crippen LogP contribution in [0.2, 0.25) is 0 Å². The molecule has 0 radical (unpaired) electrons. The molecule has 4 heterocycles. The zero-order valence-corrected chi connectivity index (χ0v) is 15.6. The molecule has 1 amide bonds. The van der Waals surface area contributed by atoms with Crippen LogP contribution in [0.5, 0.6) is 0 Å². The van der Waals surface area contributed by atoms with Crippen molar-refractivity contribution in [1.82, 2.24) is 19.8 Å². The predicted octanol–water partition coefficient (Wildman–Crippen LogP) is 0.931. The molecule has 0 saturated carbocycles. The molecule has 4 rings (SSSR count). The van der Waals surface area contributed by atoms with Crippen LogP contribution in [-0.2, 0) is 7.05 Å². The summed E-state index contributed by atoms with van der Waals surface area (Å²) in [5.41, 5.74) is 0.852. The van der Waals surface area contributed by atoms with Gasteiger partial charge in [-0.2, -0.15) is 0 Å². The molecule has 2 N–H and O–H groups in total. The molecule has 0 spiro atoms. The summed E-state index contributed by atoms with van der Waals surface area (Å²) >= 11 is 0. The van der Waals surface area contributed by atoms with E-state index in [1.165, 1.54) is 4.57 Å². The van der Waals surface area contributed by atoms with E-state index in [4.69, 9.17) is 0 Å². The van der Waals surface area contributed by atoms with Crippen LogP contribution in [0.25, 0.3) is 10.9 Å². The van der Waals surface area contributed by atoms with Crippen LogP contribution in [0.3, 0.4) is 0 Å². The number of nitrogens with zero attached hydrogens (tertiary/aromatic N) is 4. The molecule has 2 aliphatic rings. The number of aromatic amines is 1. The maximum atomic E-state index is 12.8. The lowest BCUT2D eigenvalue weighted by Gasteiger charge is -2.38. The van der Waals surface area contributed by atoms with Crippen molar-refractivity contribution in [3.8, 4) is 0 Å². The van der Waals surface area contributed by atoms with Crippen molar-refractivity contribution in [2.75, 3.05) is 13.1 Å². The Labute approximate surface area is 157 Å². The van der Waals surface area contributed by atoms with Gasteiger partial charge in [0, 0.05) is 56.4 Å². The number of amides is 1. The third kappa shape index (κ3) is 3.32. The Morgan fingerprint density at radius 3 is 2.74 bits per heavy atom. The number of piperidine rings is 1. The topological polar surface area (TPSA) is 94.8 Å². The van der Waals surface area contributed by atoms with Gasteiger partial charge in [0.15, 0.2) is 0 Å². The predicted molar refractivity (Wildman–Crippen MR) is 106 cm³/mol. The molecular weight excluding hydrogens is 344 g/mol. The average Bonchev–Trinajstić information content (AvgIpc) is 3.16. The number of hydrogen-bond donors (Lipinski definition) is 2. The number of hydrogen-bond acceptors (Lipinski definition) is 5. The van der Waals surface area contributed by atoms with Gasteiger partial charge in [0.2, 0.25) is 0 Å². The molecule has 8 nitrogen and oxygen atoms in total. The maximum absolute atomic E-state index is 12.8. The molecule has 1 saturated heterocycles. The highest BCUT2D eigenvalue weighted by atomic mass is 16.2. The lowest BCUT2D eigenvalue weighted by molar-refractivity contribution is 0.0885. The fourth-order valence-corrected chi connectivity index (χ4v) is 3.92. The molecule has 0 aliphatic carbocycles. The summed E-state index contributed by atoms with van der Waals surface area (Å²) in [5, 5.41) is 3.80. The first-order valence-electron chi connectivity index (χ1n) is 9.31. The van der Waals surface area contributed by atoms with Crippen molar-refractivity contribution in [2.45, 2.75) is 38.0 Å². The van der Waals surface area contributed by atoms with Crippen LogP contribution >= 0.6 is 0 Å². The van der Waals surface area contributed by atoms with Gasteiger partial charge in [-0.3, -0.25) is 24.5 Å². The highest BCUT2D eigenvalue weighted by molar-refractivity contribution is 6.16. The number of carbonyl (C=O) groups excluding carboxylic acids is 1. The van der Waals surface area contributed by atoms with E-state index in [1.54, 1.807) is 37.9 Å². The van der Waals surface area contributed by atoms with E-state index in [0.717, 1.165) is 25.9 Å². The van der Waals surface area contributed by atoms with Gasteiger partial charge in [-0.1, -0.05) is 0 Å². The van der Waals surface area contributed by atoms with Crippen LogP contribution in [-0.4, -0.2) is 64.1 Å². The number of pyridine rings is 1. The van der Waals surface area contributed by atoms with Gasteiger partial charge in [-0.25, -0.2) is 0 Å². The smallest absolute Gasteiger partial charge is 0.274 e. The monoisotopic (exact) mass is 368 g/mol. The fraction of sp³-hybridized carbons (Fsp3) is 0.474. The normalized spacial score (nSPS) is 23.8. The molecule has 27 heavy (non-hydrogen) atoms. The van der Waals surface area contributed by atoms with Crippen molar-refractivity contribution < 1.29 is 4.79 Å². The van der Waals surface area contributed by atoms with Crippen LogP contribution in [0.1, 0.15) is 30.1 Å². The second-order valence-corrected chi connectivity index (χ2v) is 7.26. The molecule has 1 fully saturated rings. The minimum Gasteiger partial charge on any atom is -0.357 e. The van der Waals surface area contributed by atoms with E-state index in [1.807, 2.05) is 0 Å². The first-order chi connectivity index (χ1) is 13.0. The van der Waals surface area contributed by atoms with Gasteiger partial charge in [0.1, 0.15) is 11.7 Å². The van der Waals surface area contributed by atoms with E-state index in [-0.39, 0.29) is 29.7 Å². The standard InChI is InChI=1S/C19H24N6O2/c1-12-17(22-8-7-20-12)25-9-4-13(5-10-25)23-18(26)15-11-24(2)19(27)16-14(15)3-6-21-16/h3,6-8,11-13,17,21H,4-5,9-10H2,1-2H3,(H,23,26). The van der Waals surface area contributed by atoms with Gasteiger partial charge >= 0.3 is 0 Å². The van der Waals surface area contributed by atoms with Gasteiger partial charge in [-0.15, -0.1) is 0 Å². The summed E-state index contributed by atoms with van der Waals surface area (Å²) in [5.74, 6) is -0.137. The molecular formula is C19H24N6O2. The summed E-state index contributed by atoms with van der Waals surface area (Å²) in [6.07, 6.45) is 8.65. The molecule has 0 bridgehead atoms. The third-order valence-corrected chi connectivity index (χ3v) is 5.44. The van der Waals surface area contributed by atoms with Crippen LogP contribution in [0.4, 0.5) is 0 Å². The van der Waals surface area contributed by atoms with Gasteiger partial charge in [0.25, 0.3) is 11.5 Å². The van der Waals surface area contributed by atoms with E-state index < -0.39 is 0 Å². The first kappa shape index (κ1) is 17.7.